The smallest absolute Gasteiger partial charge is 0.261 e. The van der Waals surface area contributed by atoms with E-state index in [9.17, 15) is 9.59 Å². The first-order valence-electron chi connectivity index (χ1n) is 8.57. The molecule has 0 saturated heterocycles. The van der Waals surface area contributed by atoms with Gasteiger partial charge >= 0.3 is 0 Å². The van der Waals surface area contributed by atoms with Crippen molar-refractivity contribution in [1.29, 1.82) is 0 Å². The molecule has 0 aliphatic carbocycles. The third kappa shape index (κ3) is 5.87. The van der Waals surface area contributed by atoms with Crippen LogP contribution in [-0.2, 0) is 16.1 Å². The topological polar surface area (TPSA) is 58.6 Å². The average Bonchev–Trinajstić information content (AvgIpc) is 2.68. The fourth-order valence-electron chi connectivity index (χ4n) is 2.56. The van der Waals surface area contributed by atoms with Gasteiger partial charge in [0.2, 0.25) is 5.91 Å². The summed E-state index contributed by atoms with van der Waals surface area (Å²) in [6.45, 7) is 3.61. The van der Waals surface area contributed by atoms with Crippen molar-refractivity contribution >= 4 is 50.9 Å². The molecular formula is C20H21BrCl2N2O3. The maximum Gasteiger partial charge on any atom is 0.261 e. The van der Waals surface area contributed by atoms with Gasteiger partial charge in [-0.15, -0.1) is 0 Å². The van der Waals surface area contributed by atoms with Gasteiger partial charge in [-0.2, -0.15) is 0 Å². The van der Waals surface area contributed by atoms with E-state index in [0.29, 0.717) is 15.8 Å². The Labute approximate surface area is 183 Å². The van der Waals surface area contributed by atoms with Crippen LogP contribution in [0.1, 0.15) is 18.1 Å². The Morgan fingerprint density at radius 3 is 2.50 bits per heavy atom. The summed E-state index contributed by atoms with van der Waals surface area (Å²) in [6.07, 6.45) is 0. The van der Waals surface area contributed by atoms with Crippen molar-refractivity contribution in [3.8, 4) is 5.75 Å². The van der Waals surface area contributed by atoms with Crippen molar-refractivity contribution in [2.24, 2.45) is 0 Å². The Morgan fingerprint density at radius 2 is 1.89 bits per heavy atom. The molecule has 2 aromatic carbocycles. The SMILES string of the molecule is CNC(=O)[C@H](C)N(Cc1ccc(Cl)c(Cl)c1)C(=O)COc1ccc(Br)c(C)c1. The highest BCUT2D eigenvalue weighted by Gasteiger charge is 2.26. The number of amides is 2. The van der Waals surface area contributed by atoms with Crippen molar-refractivity contribution < 1.29 is 14.3 Å². The van der Waals surface area contributed by atoms with Crippen LogP contribution in [0.5, 0.6) is 5.75 Å². The maximum absolute atomic E-state index is 12.8. The molecule has 0 unspecified atom stereocenters. The van der Waals surface area contributed by atoms with E-state index in [0.717, 1.165) is 15.6 Å². The first kappa shape index (κ1) is 22.5. The van der Waals surface area contributed by atoms with Gasteiger partial charge in [0.1, 0.15) is 11.8 Å². The lowest BCUT2D eigenvalue weighted by Crippen LogP contribution is -2.48. The van der Waals surface area contributed by atoms with Crippen molar-refractivity contribution in [2.45, 2.75) is 26.4 Å². The van der Waals surface area contributed by atoms with E-state index in [-0.39, 0.29) is 25.0 Å². The molecule has 0 aromatic heterocycles. The minimum absolute atomic E-state index is 0.191. The van der Waals surface area contributed by atoms with Crippen molar-refractivity contribution in [3.05, 3.63) is 62.0 Å². The molecule has 0 spiro atoms. The number of benzene rings is 2. The number of halogens is 3. The van der Waals surface area contributed by atoms with Crippen molar-refractivity contribution in [3.63, 3.8) is 0 Å². The maximum atomic E-state index is 12.8. The zero-order valence-electron chi connectivity index (χ0n) is 15.8. The van der Waals surface area contributed by atoms with Crippen LogP contribution < -0.4 is 10.1 Å². The molecule has 0 aliphatic heterocycles. The van der Waals surface area contributed by atoms with E-state index in [2.05, 4.69) is 21.2 Å². The van der Waals surface area contributed by atoms with Gasteiger partial charge in [0.05, 0.1) is 10.0 Å². The largest absolute Gasteiger partial charge is 0.484 e. The van der Waals surface area contributed by atoms with E-state index in [1.54, 1.807) is 31.2 Å². The number of aryl methyl sites for hydroxylation is 1. The van der Waals surface area contributed by atoms with Crippen molar-refractivity contribution in [2.75, 3.05) is 13.7 Å². The number of nitrogens with zero attached hydrogens (tertiary/aromatic N) is 1. The quantitative estimate of drug-likeness (QED) is 0.620. The molecule has 0 fully saturated rings. The number of hydrogen-bond acceptors (Lipinski definition) is 3. The fraction of sp³-hybridized carbons (Fsp3) is 0.300. The van der Waals surface area contributed by atoms with Crippen LogP contribution in [0.25, 0.3) is 0 Å². The first-order valence-corrected chi connectivity index (χ1v) is 10.1. The number of nitrogens with one attached hydrogen (secondary N) is 1. The molecule has 0 saturated carbocycles. The van der Waals surface area contributed by atoms with Crippen LogP contribution in [0.3, 0.4) is 0 Å². The van der Waals surface area contributed by atoms with Gasteiger partial charge < -0.3 is 15.0 Å². The Bertz CT molecular complexity index is 877. The van der Waals surface area contributed by atoms with Gasteiger partial charge in [-0.05, 0) is 55.3 Å². The minimum atomic E-state index is -0.679. The number of ether oxygens (including phenoxy) is 1. The molecule has 8 heteroatoms. The van der Waals surface area contributed by atoms with E-state index >= 15 is 0 Å². The highest BCUT2D eigenvalue weighted by Crippen LogP contribution is 2.24. The second kappa shape index (κ2) is 10.1. The summed E-state index contributed by atoms with van der Waals surface area (Å²) in [7, 11) is 1.53. The Hall–Kier alpha value is -1.76. The predicted octanol–water partition coefficient (Wildman–Crippen LogP) is 4.61. The van der Waals surface area contributed by atoms with Gasteiger partial charge in [-0.3, -0.25) is 9.59 Å². The molecule has 2 rings (SSSR count). The molecule has 0 heterocycles. The molecule has 1 N–H and O–H groups in total. The Balaban J connectivity index is 2.16. The van der Waals surface area contributed by atoms with E-state index in [4.69, 9.17) is 27.9 Å². The molecule has 5 nitrogen and oxygen atoms in total. The minimum Gasteiger partial charge on any atom is -0.484 e. The normalized spacial score (nSPS) is 11.6. The molecule has 2 amide bonds. The van der Waals surface area contributed by atoms with E-state index < -0.39 is 6.04 Å². The van der Waals surface area contributed by atoms with Crippen molar-refractivity contribution in [1.82, 2.24) is 10.2 Å². The number of carbonyl (C=O) groups is 2. The standard InChI is InChI=1S/C20H21BrCl2N2O3/c1-12-8-15(5-6-16(12)21)28-11-19(26)25(13(2)20(27)24-3)10-14-4-7-17(22)18(23)9-14/h4-9,13H,10-11H2,1-3H3,(H,24,27)/t13-/m0/s1. The Kier molecular flexibility index (Phi) is 8.16. The van der Waals surface area contributed by atoms with Crippen LogP contribution >= 0.6 is 39.1 Å². The zero-order valence-corrected chi connectivity index (χ0v) is 18.9. The van der Waals surface area contributed by atoms with Crippen LogP contribution in [0.15, 0.2) is 40.9 Å². The molecule has 0 radical (unpaired) electrons. The summed E-state index contributed by atoms with van der Waals surface area (Å²) in [6, 6.07) is 9.90. The summed E-state index contributed by atoms with van der Waals surface area (Å²) in [4.78, 5) is 26.4. The monoisotopic (exact) mass is 486 g/mol. The highest BCUT2D eigenvalue weighted by atomic mass is 79.9. The molecule has 0 aliphatic rings. The number of rotatable bonds is 7. The predicted molar refractivity (Wildman–Crippen MR) is 115 cm³/mol. The van der Waals surface area contributed by atoms with Gasteiger partial charge in [0, 0.05) is 18.1 Å². The van der Waals surface area contributed by atoms with Crippen LogP contribution in [0.2, 0.25) is 10.0 Å². The first-order chi connectivity index (χ1) is 13.2. The lowest BCUT2D eigenvalue weighted by atomic mass is 10.1. The highest BCUT2D eigenvalue weighted by molar-refractivity contribution is 9.10. The number of likely N-dealkylation sites (N-methyl/N-ethyl adjacent to an activating group) is 1. The fourth-order valence-corrected chi connectivity index (χ4v) is 3.13. The van der Waals surface area contributed by atoms with E-state index in [1.807, 2.05) is 19.1 Å². The number of hydrogen-bond donors (Lipinski definition) is 1. The van der Waals surface area contributed by atoms with Crippen LogP contribution in [0.4, 0.5) is 0 Å². The van der Waals surface area contributed by atoms with Gasteiger partial charge in [0.15, 0.2) is 6.61 Å². The second-order valence-electron chi connectivity index (χ2n) is 6.26. The lowest BCUT2D eigenvalue weighted by molar-refractivity contribution is -0.142. The summed E-state index contributed by atoms with van der Waals surface area (Å²) in [5, 5.41) is 3.38. The van der Waals surface area contributed by atoms with E-state index in [1.165, 1.54) is 11.9 Å². The van der Waals surface area contributed by atoms with Crippen LogP contribution in [0, 0.1) is 6.92 Å². The van der Waals surface area contributed by atoms with Gasteiger partial charge in [-0.1, -0.05) is 45.2 Å². The summed E-state index contributed by atoms with van der Waals surface area (Å²) >= 11 is 15.5. The van der Waals surface area contributed by atoms with Gasteiger partial charge in [0.25, 0.3) is 5.91 Å². The lowest BCUT2D eigenvalue weighted by Gasteiger charge is -2.28. The molecule has 0 bridgehead atoms. The molecule has 1 atom stereocenters. The zero-order chi connectivity index (χ0) is 20.8. The Morgan fingerprint density at radius 1 is 1.18 bits per heavy atom. The average molecular weight is 488 g/mol. The number of carbonyl (C=O) groups excluding carboxylic acids is 2. The summed E-state index contributed by atoms with van der Waals surface area (Å²) < 4.78 is 6.60. The summed E-state index contributed by atoms with van der Waals surface area (Å²) in [5.74, 6) is -0.00762. The van der Waals surface area contributed by atoms with Gasteiger partial charge in [-0.25, -0.2) is 0 Å². The third-order valence-electron chi connectivity index (χ3n) is 4.24. The third-order valence-corrected chi connectivity index (χ3v) is 5.87. The van der Waals surface area contributed by atoms with Crippen LogP contribution in [-0.4, -0.2) is 36.4 Å². The second-order valence-corrected chi connectivity index (χ2v) is 7.93. The molecule has 150 valence electrons. The molecule has 2 aromatic rings. The molecular weight excluding hydrogens is 467 g/mol. The summed E-state index contributed by atoms with van der Waals surface area (Å²) in [5.41, 5.74) is 1.76. The molecule has 28 heavy (non-hydrogen) atoms.